The Hall–Kier alpha value is -3.05. The van der Waals surface area contributed by atoms with Gasteiger partial charge in [0.05, 0.1) is 22.6 Å². The van der Waals surface area contributed by atoms with Crippen LogP contribution in [-0.4, -0.2) is 47.5 Å². The standard InChI is InChI=1S/C17H15N3O7S/c21-16-13-5-3-11(20(23)24)9-14(13)17(22)19(16)10-12-4-6-15(27-12)28(25,26)18-7-1-2-8-18/h3-6,9H,1-2,7-8,10H2. The van der Waals surface area contributed by atoms with E-state index >= 15 is 0 Å². The van der Waals surface area contributed by atoms with Crippen LogP contribution in [0.5, 0.6) is 0 Å². The summed E-state index contributed by atoms with van der Waals surface area (Å²) in [6, 6.07) is 6.14. The fourth-order valence-electron chi connectivity index (χ4n) is 3.33. The first-order chi connectivity index (χ1) is 13.3. The van der Waals surface area contributed by atoms with Crippen LogP contribution in [0.15, 0.2) is 39.8 Å². The molecular formula is C17H15N3O7S. The van der Waals surface area contributed by atoms with Crippen LogP contribution in [0.4, 0.5) is 5.69 Å². The van der Waals surface area contributed by atoms with Gasteiger partial charge in [0, 0.05) is 25.2 Å². The number of furan rings is 1. The number of sulfonamides is 1. The number of nitrogens with zero attached hydrogens (tertiary/aromatic N) is 3. The van der Waals surface area contributed by atoms with Crippen LogP contribution in [0.2, 0.25) is 0 Å². The maximum atomic E-state index is 12.5. The summed E-state index contributed by atoms with van der Waals surface area (Å²) in [5.74, 6) is -1.18. The molecule has 1 saturated heterocycles. The number of benzene rings is 1. The van der Waals surface area contributed by atoms with E-state index in [9.17, 15) is 28.1 Å². The molecule has 28 heavy (non-hydrogen) atoms. The molecular weight excluding hydrogens is 390 g/mol. The normalized spacial score (nSPS) is 17.4. The number of nitro benzene ring substituents is 1. The molecule has 146 valence electrons. The number of hydrogen-bond donors (Lipinski definition) is 0. The minimum Gasteiger partial charge on any atom is -0.446 e. The third-order valence-corrected chi connectivity index (χ3v) is 6.55. The third kappa shape index (κ3) is 2.88. The Morgan fingerprint density at radius 2 is 1.71 bits per heavy atom. The van der Waals surface area contributed by atoms with Crippen LogP contribution in [0.3, 0.4) is 0 Å². The first-order valence-electron chi connectivity index (χ1n) is 8.52. The molecule has 0 spiro atoms. The molecule has 2 aliphatic rings. The van der Waals surface area contributed by atoms with E-state index in [2.05, 4.69) is 0 Å². The molecule has 10 nitrogen and oxygen atoms in total. The summed E-state index contributed by atoms with van der Waals surface area (Å²) in [6.07, 6.45) is 1.57. The van der Waals surface area contributed by atoms with E-state index in [4.69, 9.17) is 4.42 Å². The molecule has 2 aromatic rings. The summed E-state index contributed by atoms with van der Waals surface area (Å²) in [5.41, 5.74) is -0.290. The molecule has 1 aromatic heterocycles. The lowest BCUT2D eigenvalue weighted by Gasteiger charge is -2.13. The molecule has 0 unspecified atom stereocenters. The van der Waals surface area contributed by atoms with Crippen LogP contribution in [-0.2, 0) is 16.6 Å². The predicted octanol–water partition coefficient (Wildman–Crippen LogP) is 1.77. The van der Waals surface area contributed by atoms with Gasteiger partial charge in [0.25, 0.3) is 27.5 Å². The minimum atomic E-state index is -3.74. The van der Waals surface area contributed by atoms with Crippen molar-refractivity contribution in [2.45, 2.75) is 24.5 Å². The van der Waals surface area contributed by atoms with Gasteiger partial charge < -0.3 is 4.42 Å². The Morgan fingerprint density at radius 3 is 2.39 bits per heavy atom. The Kier molecular flexibility index (Phi) is 4.27. The van der Waals surface area contributed by atoms with Gasteiger partial charge in [-0.1, -0.05) is 0 Å². The third-order valence-electron chi connectivity index (χ3n) is 4.78. The minimum absolute atomic E-state index is 0.0596. The van der Waals surface area contributed by atoms with Crippen molar-refractivity contribution in [3.8, 4) is 0 Å². The lowest BCUT2D eigenvalue weighted by molar-refractivity contribution is -0.384. The van der Waals surface area contributed by atoms with Gasteiger partial charge in [0.15, 0.2) is 0 Å². The number of hydrogen-bond acceptors (Lipinski definition) is 7. The number of non-ortho nitro benzene ring substituents is 1. The van der Waals surface area contributed by atoms with Crippen molar-refractivity contribution < 1.29 is 27.3 Å². The fraction of sp³-hybridized carbons (Fsp3) is 0.294. The van der Waals surface area contributed by atoms with Crippen LogP contribution in [0.1, 0.15) is 39.3 Å². The van der Waals surface area contributed by atoms with Gasteiger partial charge in [-0.3, -0.25) is 24.6 Å². The Labute approximate surface area is 159 Å². The maximum absolute atomic E-state index is 12.5. The van der Waals surface area contributed by atoms with Crippen LogP contribution < -0.4 is 0 Å². The van der Waals surface area contributed by atoms with Crippen molar-refractivity contribution in [3.05, 3.63) is 57.3 Å². The fourth-order valence-corrected chi connectivity index (χ4v) is 4.78. The zero-order valence-electron chi connectivity index (χ0n) is 14.5. The maximum Gasteiger partial charge on any atom is 0.276 e. The Morgan fingerprint density at radius 1 is 1.04 bits per heavy atom. The number of nitro groups is 1. The van der Waals surface area contributed by atoms with Crippen LogP contribution >= 0.6 is 0 Å². The molecule has 2 amide bonds. The Balaban J connectivity index is 1.57. The summed E-state index contributed by atoms with van der Waals surface area (Å²) >= 11 is 0. The SMILES string of the molecule is O=C1c2ccc([N+](=O)[O-])cc2C(=O)N1Cc1ccc(S(=O)(=O)N2CCCC2)o1. The van der Waals surface area contributed by atoms with E-state index in [0.29, 0.717) is 13.1 Å². The average molecular weight is 405 g/mol. The van der Waals surface area contributed by atoms with Crippen molar-refractivity contribution in [1.82, 2.24) is 9.21 Å². The zero-order chi connectivity index (χ0) is 20.1. The number of carbonyl (C=O) groups excluding carboxylic acids is 2. The summed E-state index contributed by atoms with van der Waals surface area (Å²) < 4.78 is 31.8. The van der Waals surface area contributed by atoms with Gasteiger partial charge >= 0.3 is 0 Å². The number of imide groups is 1. The Bertz CT molecular complexity index is 1100. The lowest BCUT2D eigenvalue weighted by Crippen LogP contribution is -2.29. The summed E-state index contributed by atoms with van der Waals surface area (Å²) in [6.45, 7) is 0.584. The van der Waals surface area contributed by atoms with Crippen molar-refractivity contribution in [3.63, 3.8) is 0 Å². The highest BCUT2D eigenvalue weighted by Gasteiger charge is 2.38. The molecule has 0 aliphatic carbocycles. The molecule has 1 fully saturated rings. The summed E-state index contributed by atoms with van der Waals surface area (Å²) in [5, 5.41) is 10.6. The quantitative estimate of drug-likeness (QED) is 0.421. The van der Waals surface area contributed by atoms with Crippen molar-refractivity contribution in [2.75, 3.05) is 13.1 Å². The van der Waals surface area contributed by atoms with Crippen molar-refractivity contribution in [1.29, 1.82) is 0 Å². The van der Waals surface area contributed by atoms with E-state index < -0.39 is 26.8 Å². The van der Waals surface area contributed by atoms with Gasteiger partial charge in [0.2, 0.25) is 5.09 Å². The van der Waals surface area contributed by atoms with E-state index in [1.54, 1.807) is 0 Å². The highest BCUT2D eigenvalue weighted by molar-refractivity contribution is 7.89. The molecule has 0 radical (unpaired) electrons. The predicted molar refractivity (Wildman–Crippen MR) is 94.0 cm³/mol. The van der Waals surface area contributed by atoms with Gasteiger partial charge in [-0.25, -0.2) is 8.42 Å². The molecule has 11 heteroatoms. The van der Waals surface area contributed by atoms with Gasteiger partial charge in [0.1, 0.15) is 5.76 Å². The van der Waals surface area contributed by atoms with E-state index in [0.717, 1.165) is 29.9 Å². The van der Waals surface area contributed by atoms with Gasteiger partial charge in [-0.2, -0.15) is 4.31 Å². The largest absolute Gasteiger partial charge is 0.446 e. The zero-order valence-corrected chi connectivity index (χ0v) is 15.3. The van der Waals surface area contributed by atoms with Gasteiger partial charge in [-0.15, -0.1) is 0 Å². The topological polar surface area (TPSA) is 131 Å². The molecule has 4 rings (SSSR count). The molecule has 2 aliphatic heterocycles. The molecule has 3 heterocycles. The van der Waals surface area contributed by atoms with Crippen LogP contribution in [0, 0.1) is 10.1 Å². The van der Waals surface area contributed by atoms with E-state index in [1.807, 2.05) is 0 Å². The van der Waals surface area contributed by atoms with Crippen molar-refractivity contribution in [2.24, 2.45) is 0 Å². The highest BCUT2D eigenvalue weighted by Crippen LogP contribution is 2.29. The summed E-state index contributed by atoms with van der Waals surface area (Å²) in [4.78, 5) is 36.1. The monoisotopic (exact) mass is 405 g/mol. The van der Waals surface area contributed by atoms with E-state index in [-0.39, 0.29) is 34.2 Å². The number of rotatable bonds is 5. The first kappa shape index (κ1) is 18.3. The molecule has 0 atom stereocenters. The smallest absolute Gasteiger partial charge is 0.276 e. The second-order valence-corrected chi connectivity index (χ2v) is 8.38. The van der Waals surface area contributed by atoms with Crippen LogP contribution in [0.25, 0.3) is 0 Å². The van der Waals surface area contributed by atoms with E-state index in [1.165, 1.54) is 22.5 Å². The lowest BCUT2D eigenvalue weighted by atomic mass is 10.1. The summed E-state index contributed by atoms with van der Waals surface area (Å²) in [7, 11) is -3.74. The number of amides is 2. The van der Waals surface area contributed by atoms with Gasteiger partial charge in [-0.05, 0) is 31.0 Å². The second-order valence-electron chi connectivity index (χ2n) is 6.52. The van der Waals surface area contributed by atoms with Crippen molar-refractivity contribution >= 4 is 27.5 Å². The molecule has 1 aromatic carbocycles. The first-order valence-corrected chi connectivity index (χ1v) is 9.96. The average Bonchev–Trinajstić information content (AvgIpc) is 3.40. The molecule has 0 N–H and O–H groups in total. The number of fused-ring (bicyclic) bond motifs is 1. The second kappa shape index (κ2) is 6.53. The number of carbonyl (C=O) groups is 2. The highest BCUT2D eigenvalue weighted by atomic mass is 32.2. The molecule has 0 bridgehead atoms. The molecule has 0 saturated carbocycles.